The lowest BCUT2D eigenvalue weighted by Crippen LogP contribution is -2.53. The number of para-hydroxylation sites is 1. The molecule has 0 atom stereocenters. The molecular weight excluding hydrogens is 387 g/mol. The first kappa shape index (κ1) is 18.6. The Morgan fingerprint density at radius 3 is 2.64 bits per heavy atom. The molecule has 2 aromatic rings. The number of hydrogen-bond acceptors (Lipinski definition) is 3. The van der Waals surface area contributed by atoms with E-state index in [9.17, 15) is 19.1 Å². The maximum atomic E-state index is 14.6. The van der Waals surface area contributed by atoms with Crippen LogP contribution in [0, 0.1) is 5.82 Å². The number of anilines is 1. The highest BCUT2D eigenvalue weighted by molar-refractivity contribution is 6.32. The van der Waals surface area contributed by atoms with E-state index in [-0.39, 0.29) is 27.8 Å². The van der Waals surface area contributed by atoms with Crippen LogP contribution in [0.2, 0.25) is 5.02 Å². The Labute approximate surface area is 165 Å². The molecule has 1 saturated carbocycles. The quantitative estimate of drug-likeness (QED) is 0.650. The molecule has 1 aliphatic carbocycles. The number of benzene rings is 2. The molecule has 0 unspecified atom stereocenters. The molecule has 1 heterocycles. The van der Waals surface area contributed by atoms with Gasteiger partial charge in [0.15, 0.2) is 5.75 Å². The molecule has 8 heteroatoms. The predicted molar refractivity (Wildman–Crippen MR) is 102 cm³/mol. The van der Waals surface area contributed by atoms with Crippen molar-refractivity contribution in [2.75, 3.05) is 5.32 Å². The molecule has 0 bridgehead atoms. The first-order chi connectivity index (χ1) is 13.4. The fraction of sp³-hybridized carbons (Fsp3) is 0.300. The van der Waals surface area contributed by atoms with Gasteiger partial charge >= 0.3 is 12.0 Å². The number of hydrogen-bond donors (Lipinski definition) is 3. The lowest BCUT2D eigenvalue weighted by Gasteiger charge is -2.43. The van der Waals surface area contributed by atoms with Crippen LogP contribution in [0.1, 0.15) is 48.0 Å². The summed E-state index contributed by atoms with van der Waals surface area (Å²) in [6, 6.07) is 6.59. The van der Waals surface area contributed by atoms with E-state index in [4.69, 9.17) is 16.3 Å². The van der Waals surface area contributed by atoms with Gasteiger partial charge in [0.2, 0.25) is 0 Å². The number of aromatic carboxylic acids is 1. The highest BCUT2D eigenvalue weighted by Crippen LogP contribution is 2.49. The molecule has 28 heavy (non-hydrogen) atoms. The third-order valence-electron chi connectivity index (χ3n) is 5.30. The second kappa shape index (κ2) is 6.98. The highest BCUT2D eigenvalue weighted by Gasteiger charge is 2.44. The Hall–Kier alpha value is -2.80. The Balaban J connectivity index is 1.88. The Kier molecular flexibility index (Phi) is 4.63. The van der Waals surface area contributed by atoms with Crippen molar-refractivity contribution in [3.63, 3.8) is 0 Å². The molecule has 0 aromatic heterocycles. The standard InChI is InChI=1S/C20H18ClFN2O4/c21-12-6-4-5-11(18(25)26)17(12)28-14-8-7-13(22)16-15(14)20(24-19(27)23-16)9-2-1-3-10-20/h4-8H,1-3,9-10H2,(H,25,26)(H2,23,24,27). The van der Waals surface area contributed by atoms with Gasteiger partial charge in [-0.25, -0.2) is 14.0 Å². The summed E-state index contributed by atoms with van der Waals surface area (Å²) in [6.45, 7) is 0. The van der Waals surface area contributed by atoms with Gasteiger partial charge in [0.05, 0.1) is 16.2 Å². The van der Waals surface area contributed by atoms with Crippen molar-refractivity contribution >= 4 is 29.3 Å². The van der Waals surface area contributed by atoms with Crippen LogP contribution >= 0.6 is 11.6 Å². The maximum absolute atomic E-state index is 14.6. The molecule has 3 N–H and O–H groups in total. The molecule has 1 aliphatic heterocycles. The predicted octanol–water partition coefficient (Wildman–Crippen LogP) is 5.26. The van der Waals surface area contributed by atoms with Crippen LogP contribution in [0.15, 0.2) is 30.3 Å². The Bertz CT molecular complexity index is 973. The van der Waals surface area contributed by atoms with Crippen LogP contribution in [-0.2, 0) is 5.54 Å². The van der Waals surface area contributed by atoms with E-state index in [0.717, 1.165) is 19.3 Å². The second-order valence-electron chi connectivity index (χ2n) is 7.04. The average molecular weight is 405 g/mol. The molecule has 1 fully saturated rings. The SMILES string of the molecule is O=C1Nc2c(F)ccc(Oc3c(Cl)cccc3C(=O)O)c2C2(CCCCC2)N1. The lowest BCUT2D eigenvalue weighted by atomic mass is 9.74. The molecule has 0 radical (unpaired) electrons. The van der Waals surface area contributed by atoms with Gasteiger partial charge in [-0.1, -0.05) is 36.9 Å². The summed E-state index contributed by atoms with van der Waals surface area (Å²) in [6.07, 6.45) is 4.06. The summed E-state index contributed by atoms with van der Waals surface area (Å²) >= 11 is 6.19. The zero-order valence-electron chi connectivity index (χ0n) is 14.9. The molecule has 2 amide bonds. The van der Waals surface area contributed by atoms with E-state index in [1.165, 1.54) is 30.3 Å². The molecule has 4 rings (SSSR count). The Morgan fingerprint density at radius 1 is 1.18 bits per heavy atom. The van der Waals surface area contributed by atoms with Crippen molar-refractivity contribution in [2.45, 2.75) is 37.6 Å². The molecule has 0 saturated heterocycles. The largest absolute Gasteiger partial charge is 0.478 e. The maximum Gasteiger partial charge on any atom is 0.339 e. The van der Waals surface area contributed by atoms with Crippen molar-refractivity contribution in [2.24, 2.45) is 0 Å². The number of urea groups is 1. The first-order valence-electron chi connectivity index (χ1n) is 9.03. The van der Waals surface area contributed by atoms with E-state index >= 15 is 0 Å². The van der Waals surface area contributed by atoms with Gasteiger partial charge in [-0.15, -0.1) is 0 Å². The summed E-state index contributed by atoms with van der Waals surface area (Å²) in [5.74, 6) is -1.51. The van der Waals surface area contributed by atoms with E-state index in [2.05, 4.69) is 10.6 Å². The minimum atomic E-state index is -1.19. The summed E-state index contributed by atoms with van der Waals surface area (Å²) in [5, 5.41) is 15.1. The number of ether oxygens (including phenoxy) is 1. The van der Waals surface area contributed by atoms with Crippen LogP contribution in [-0.4, -0.2) is 17.1 Å². The number of carboxylic acid groups (broad SMARTS) is 1. The van der Waals surface area contributed by atoms with Crippen molar-refractivity contribution in [1.29, 1.82) is 0 Å². The average Bonchev–Trinajstić information content (AvgIpc) is 2.66. The first-order valence-corrected chi connectivity index (χ1v) is 9.41. The second-order valence-corrected chi connectivity index (χ2v) is 7.45. The van der Waals surface area contributed by atoms with Crippen LogP contribution in [0.3, 0.4) is 0 Å². The summed E-state index contributed by atoms with van der Waals surface area (Å²) in [5.41, 5.74) is -0.316. The third kappa shape index (κ3) is 3.05. The van der Waals surface area contributed by atoms with Crippen LogP contribution in [0.5, 0.6) is 11.5 Å². The molecule has 6 nitrogen and oxygen atoms in total. The molecule has 1 spiro atoms. The van der Waals surface area contributed by atoms with Gasteiger partial charge in [-0.05, 0) is 37.1 Å². The smallest absolute Gasteiger partial charge is 0.339 e. The van der Waals surface area contributed by atoms with E-state index in [1.54, 1.807) is 0 Å². The molecule has 2 aliphatic rings. The highest BCUT2D eigenvalue weighted by atomic mass is 35.5. The summed E-state index contributed by atoms with van der Waals surface area (Å²) in [7, 11) is 0. The van der Waals surface area contributed by atoms with Crippen LogP contribution < -0.4 is 15.4 Å². The van der Waals surface area contributed by atoms with Gasteiger partial charge in [-0.3, -0.25) is 0 Å². The minimum Gasteiger partial charge on any atom is -0.478 e. The van der Waals surface area contributed by atoms with Crippen LogP contribution in [0.4, 0.5) is 14.9 Å². The number of amides is 2. The van der Waals surface area contributed by atoms with Crippen LogP contribution in [0.25, 0.3) is 0 Å². The topological polar surface area (TPSA) is 87.7 Å². The number of fused-ring (bicyclic) bond motifs is 2. The minimum absolute atomic E-state index is 0.0201. The van der Waals surface area contributed by atoms with E-state index in [0.29, 0.717) is 18.4 Å². The fourth-order valence-electron chi connectivity index (χ4n) is 4.09. The lowest BCUT2D eigenvalue weighted by molar-refractivity contribution is 0.0694. The van der Waals surface area contributed by atoms with E-state index < -0.39 is 23.4 Å². The molecule has 2 aromatic carbocycles. The number of halogens is 2. The summed E-state index contributed by atoms with van der Waals surface area (Å²) in [4.78, 5) is 23.8. The molecule has 146 valence electrons. The van der Waals surface area contributed by atoms with Crippen molar-refractivity contribution in [3.8, 4) is 11.5 Å². The number of nitrogens with one attached hydrogen (secondary N) is 2. The molecular formula is C20H18ClFN2O4. The van der Waals surface area contributed by atoms with E-state index in [1.807, 2.05) is 0 Å². The normalized spacial score (nSPS) is 17.4. The van der Waals surface area contributed by atoms with Gasteiger partial charge < -0.3 is 20.5 Å². The third-order valence-corrected chi connectivity index (χ3v) is 5.60. The van der Waals surface area contributed by atoms with Crippen molar-refractivity contribution in [1.82, 2.24) is 5.32 Å². The number of carbonyl (C=O) groups is 2. The van der Waals surface area contributed by atoms with Gasteiger partial charge in [-0.2, -0.15) is 0 Å². The number of rotatable bonds is 3. The van der Waals surface area contributed by atoms with Gasteiger partial charge in [0.1, 0.15) is 17.1 Å². The van der Waals surface area contributed by atoms with Gasteiger partial charge in [0, 0.05) is 5.56 Å². The Morgan fingerprint density at radius 2 is 1.93 bits per heavy atom. The fourth-order valence-corrected chi connectivity index (χ4v) is 4.30. The zero-order valence-corrected chi connectivity index (χ0v) is 15.6. The summed E-state index contributed by atoms with van der Waals surface area (Å²) < 4.78 is 20.5. The monoisotopic (exact) mass is 404 g/mol. The number of carbonyl (C=O) groups excluding carboxylic acids is 1. The van der Waals surface area contributed by atoms with Crippen molar-refractivity contribution in [3.05, 3.63) is 52.3 Å². The zero-order chi connectivity index (χ0) is 19.9. The van der Waals surface area contributed by atoms with Gasteiger partial charge in [0.25, 0.3) is 0 Å². The van der Waals surface area contributed by atoms with Crippen molar-refractivity contribution < 1.29 is 23.8 Å². The number of carboxylic acids is 1.